The monoisotopic (exact) mass is 259 g/mol. The molecule has 0 aromatic carbocycles. The van der Waals surface area contributed by atoms with Crippen molar-refractivity contribution in [3.05, 3.63) is 17.7 Å². The Morgan fingerprint density at radius 1 is 1.21 bits per heavy atom. The normalized spacial score (nSPS) is 20.1. The Hall–Kier alpha value is -1.58. The third-order valence-corrected chi connectivity index (χ3v) is 3.78. The van der Waals surface area contributed by atoms with E-state index in [4.69, 9.17) is 9.31 Å². The molecule has 0 amide bonds. The Kier molecular flexibility index (Phi) is 3.29. The van der Waals surface area contributed by atoms with E-state index in [9.17, 15) is 5.26 Å². The zero-order chi connectivity index (χ0) is 14.3. The summed E-state index contributed by atoms with van der Waals surface area (Å²) in [6.07, 6.45) is 0. The van der Waals surface area contributed by atoms with Crippen molar-refractivity contribution >= 4 is 18.5 Å². The van der Waals surface area contributed by atoms with E-state index in [1.54, 1.807) is 19.2 Å². The van der Waals surface area contributed by atoms with Gasteiger partial charge in [-0.25, -0.2) is 4.98 Å². The van der Waals surface area contributed by atoms with Crippen LogP contribution in [0, 0.1) is 11.3 Å². The smallest absolute Gasteiger partial charge is 0.398 e. The fourth-order valence-corrected chi connectivity index (χ4v) is 1.84. The van der Waals surface area contributed by atoms with Crippen LogP contribution in [0.3, 0.4) is 0 Å². The number of anilines is 1. The molecule has 5 nitrogen and oxygen atoms in total. The molecule has 2 heterocycles. The summed E-state index contributed by atoms with van der Waals surface area (Å²) >= 11 is 0. The molecule has 2 rings (SSSR count). The predicted octanol–water partition coefficient (Wildman–Crippen LogP) is 1.29. The van der Waals surface area contributed by atoms with Crippen LogP contribution in [0.1, 0.15) is 33.3 Å². The number of hydrogen-bond acceptors (Lipinski definition) is 5. The fourth-order valence-electron chi connectivity index (χ4n) is 1.84. The molecule has 1 fully saturated rings. The lowest BCUT2D eigenvalue weighted by Crippen LogP contribution is -2.41. The predicted molar refractivity (Wildman–Crippen MR) is 74.2 cm³/mol. The van der Waals surface area contributed by atoms with E-state index in [1.807, 2.05) is 27.7 Å². The SMILES string of the molecule is CNc1ccc(C#N)c(B2OC(C)(C)C(C)(C)O2)n1. The molecular formula is C13H18BN3O2. The molecule has 1 aliphatic heterocycles. The molecule has 1 aromatic rings. The lowest BCUT2D eigenvalue weighted by molar-refractivity contribution is 0.00578. The molecule has 1 aliphatic rings. The number of hydrogen-bond donors (Lipinski definition) is 1. The zero-order valence-corrected chi connectivity index (χ0v) is 11.9. The van der Waals surface area contributed by atoms with Crippen LogP contribution in [0.5, 0.6) is 0 Å². The van der Waals surface area contributed by atoms with Crippen LogP contribution in [-0.2, 0) is 9.31 Å². The Morgan fingerprint density at radius 3 is 2.26 bits per heavy atom. The number of nitrogens with one attached hydrogen (secondary N) is 1. The molecule has 6 heteroatoms. The minimum Gasteiger partial charge on any atom is -0.398 e. The number of pyridine rings is 1. The molecular weight excluding hydrogens is 241 g/mol. The molecule has 100 valence electrons. The quantitative estimate of drug-likeness (QED) is 0.810. The largest absolute Gasteiger partial charge is 0.516 e. The van der Waals surface area contributed by atoms with Crippen LogP contribution in [-0.4, -0.2) is 30.4 Å². The van der Waals surface area contributed by atoms with Gasteiger partial charge in [-0.3, -0.25) is 0 Å². The number of nitrogens with zero attached hydrogens (tertiary/aromatic N) is 2. The number of rotatable bonds is 2. The van der Waals surface area contributed by atoms with Crippen LogP contribution < -0.4 is 10.9 Å². The third-order valence-electron chi connectivity index (χ3n) is 3.78. The van der Waals surface area contributed by atoms with Crippen molar-refractivity contribution in [2.75, 3.05) is 12.4 Å². The second kappa shape index (κ2) is 4.51. The first-order chi connectivity index (χ1) is 8.80. The van der Waals surface area contributed by atoms with Crippen LogP contribution in [0.25, 0.3) is 0 Å². The first-order valence-electron chi connectivity index (χ1n) is 6.25. The Labute approximate surface area is 114 Å². The van der Waals surface area contributed by atoms with Crippen molar-refractivity contribution in [3.8, 4) is 6.07 Å². The van der Waals surface area contributed by atoms with Gasteiger partial charge in [-0.15, -0.1) is 0 Å². The number of aromatic nitrogens is 1. The molecule has 0 bridgehead atoms. The van der Waals surface area contributed by atoms with Crippen molar-refractivity contribution in [2.45, 2.75) is 38.9 Å². The van der Waals surface area contributed by atoms with Gasteiger partial charge in [0.1, 0.15) is 11.9 Å². The second-order valence-electron chi connectivity index (χ2n) is 5.58. The van der Waals surface area contributed by atoms with Crippen LogP contribution in [0.15, 0.2) is 12.1 Å². The molecule has 1 aromatic heterocycles. The highest BCUT2D eigenvalue weighted by Gasteiger charge is 2.53. The lowest BCUT2D eigenvalue weighted by atomic mass is 9.81. The summed E-state index contributed by atoms with van der Waals surface area (Å²) < 4.78 is 11.9. The fraction of sp³-hybridized carbons (Fsp3) is 0.538. The van der Waals surface area contributed by atoms with E-state index in [2.05, 4.69) is 16.4 Å². The molecule has 0 spiro atoms. The minimum absolute atomic E-state index is 0.443. The second-order valence-corrected chi connectivity index (χ2v) is 5.58. The lowest BCUT2D eigenvalue weighted by Gasteiger charge is -2.32. The summed E-state index contributed by atoms with van der Waals surface area (Å²) in [6, 6.07) is 5.61. The van der Waals surface area contributed by atoms with Crippen molar-refractivity contribution in [3.63, 3.8) is 0 Å². The summed E-state index contributed by atoms with van der Waals surface area (Å²) in [7, 11) is 1.16. The minimum atomic E-state index is -0.618. The Balaban J connectivity index is 2.41. The van der Waals surface area contributed by atoms with Gasteiger partial charge in [0, 0.05) is 7.05 Å². The maximum atomic E-state index is 9.18. The zero-order valence-electron chi connectivity index (χ0n) is 11.9. The van der Waals surface area contributed by atoms with Crippen LogP contribution >= 0.6 is 0 Å². The van der Waals surface area contributed by atoms with E-state index in [-0.39, 0.29) is 0 Å². The van der Waals surface area contributed by atoms with Gasteiger partial charge in [-0.1, -0.05) is 0 Å². The van der Waals surface area contributed by atoms with Gasteiger partial charge in [-0.2, -0.15) is 5.26 Å². The highest BCUT2D eigenvalue weighted by molar-refractivity contribution is 6.61. The summed E-state index contributed by atoms with van der Waals surface area (Å²) in [5.74, 6) is 0.684. The maximum Gasteiger partial charge on any atom is 0.516 e. The standard InChI is InChI=1S/C13H18BN3O2/c1-12(2)13(3,4)19-14(18-12)11-9(8-15)6-7-10(16-5)17-11/h6-7H,1-5H3,(H,16,17). The average Bonchev–Trinajstić information content (AvgIpc) is 2.57. The van der Waals surface area contributed by atoms with E-state index < -0.39 is 18.3 Å². The molecule has 19 heavy (non-hydrogen) atoms. The molecule has 1 N–H and O–H groups in total. The average molecular weight is 259 g/mol. The Morgan fingerprint density at radius 2 is 1.79 bits per heavy atom. The first kappa shape index (κ1) is 13.8. The van der Waals surface area contributed by atoms with Crippen molar-refractivity contribution in [1.29, 1.82) is 5.26 Å². The van der Waals surface area contributed by atoms with E-state index >= 15 is 0 Å². The van der Waals surface area contributed by atoms with E-state index in [1.165, 1.54) is 0 Å². The van der Waals surface area contributed by atoms with Gasteiger partial charge in [0.05, 0.1) is 22.4 Å². The Bertz CT molecular complexity index is 521. The van der Waals surface area contributed by atoms with Crippen LogP contribution in [0.4, 0.5) is 5.82 Å². The van der Waals surface area contributed by atoms with Crippen LogP contribution in [0.2, 0.25) is 0 Å². The van der Waals surface area contributed by atoms with Gasteiger partial charge in [0.15, 0.2) is 0 Å². The van der Waals surface area contributed by atoms with Gasteiger partial charge in [0.25, 0.3) is 0 Å². The molecule has 0 radical (unpaired) electrons. The van der Waals surface area contributed by atoms with Crippen molar-refractivity contribution < 1.29 is 9.31 Å². The van der Waals surface area contributed by atoms with Crippen molar-refractivity contribution in [1.82, 2.24) is 4.98 Å². The summed E-state index contributed by atoms with van der Waals surface area (Å²) in [6.45, 7) is 7.89. The maximum absolute atomic E-state index is 9.18. The summed E-state index contributed by atoms with van der Waals surface area (Å²) in [4.78, 5) is 4.39. The van der Waals surface area contributed by atoms with E-state index in [0.717, 1.165) is 0 Å². The van der Waals surface area contributed by atoms with Gasteiger partial charge < -0.3 is 14.6 Å². The molecule has 0 atom stereocenters. The molecule has 1 saturated heterocycles. The summed E-state index contributed by atoms with van der Waals surface area (Å²) in [5, 5.41) is 12.1. The third kappa shape index (κ3) is 2.31. The van der Waals surface area contributed by atoms with E-state index in [0.29, 0.717) is 17.0 Å². The highest BCUT2D eigenvalue weighted by atomic mass is 16.7. The van der Waals surface area contributed by atoms with Crippen molar-refractivity contribution in [2.24, 2.45) is 0 Å². The summed E-state index contributed by atoms with van der Waals surface area (Å²) in [5.41, 5.74) is 0.106. The van der Waals surface area contributed by atoms with Gasteiger partial charge in [-0.05, 0) is 39.8 Å². The molecule has 0 saturated carbocycles. The topological polar surface area (TPSA) is 67.2 Å². The first-order valence-corrected chi connectivity index (χ1v) is 6.25. The van der Waals surface area contributed by atoms with Gasteiger partial charge >= 0.3 is 7.12 Å². The number of nitriles is 1. The molecule has 0 unspecified atom stereocenters. The van der Waals surface area contributed by atoms with Gasteiger partial charge in [0.2, 0.25) is 0 Å². The molecule has 0 aliphatic carbocycles. The highest BCUT2D eigenvalue weighted by Crippen LogP contribution is 2.36.